The number of carbonyl (C=O) groups excluding carboxylic acids is 1. The van der Waals surface area contributed by atoms with Crippen LogP contribution >= 0.6 is 11.6 Å². The molecule has 7 heteroatoms. The molecule has 0 aliphatic rings. The van der Waals surface area contributed by atoms with Crippen molar-refractivity contribution in [3.63, 3.8) is 0 Å². The van der Waals surface area contributed by atoms with Gasteiger partial charge in [-0.05, 0) is 44.2 Å². The predicted molar refractivity (Wildman–Crippen MR) is 105 cm³/mol. The Hall–Kier alpha value is -2.86. The van der Waals surface area contributed by atoms with E-state index in [2.05, 4.69) is 24.0 Å². The summed E-state index contributed by atoms with van der Waals surface area (Å²) in [5.41, 5.74) is 3.55. The lowest BCUT2D eigenvalue weighted by atomic mass is 10.1. The molecule has 6 nitrogen and oxygen atoms in total. The molecule has 0 aliphatic carbocycles. The number of fused-ring (bicyclic) bond motifs is 2. The summed E-state index contributed by atoms with van der Waals surface area (Å²) in [6, 6.07) is 9.54. The van der Waals surface area contributed by atoms with Gasteiger partial charge in [-0.25, -0.2) is 4.79 Å². The Morgan fingerprint density at radius 3 is 2.67 bits per heavy atom. The third-order valence-electron chi connectivity index (χ3n) is 4.61. The van der Waals surface area contributed by atoms with Gasteiger partial charge < -0.3 is 4.74 Å². The second kappa shape index (κ2) is 6.70. The van der Waals surface area contributed by atoms with Gasteiger partial charge in [0.25, 0.3) is 0 Å². The number of nitrogens with zero attached hydrogens (tertiary/aromatic N) is 4. The smallest absolute Gasteiger partial charge is 0.337 e. The maximum Gasteiger partial charge on any atom is 0.337 e. The van der Waals surface area contributed by atoms with Gasteiger partial charge in [0.15, 0.2) is 0 Å². The maximum atomic E-state index is 11.7. The number of esters is 1. The minimum absolute atomic E-state index is 0.236. The first-order valence-electron chi connectivity index (χ1n) is 8.67. The monoisotopic (exact) mass is 382 g/mol. The summed E-state index contributed by atoms with van der Waals surface area (Å²) in [6.45, 7) is 4.75. The topological polar surface area (TPSA) is 61.9 Å². The average Bonchev–Trinajstić information content (AvgIpc) is 3.25. The quantitative estimate of drug-likeness (QED) is 0.489. The van der Waals surface area contributed by atoms with E-state index in [9.17, 15) is 4.79 Å². The van der Waals surface area contributed by atoms with Gasteiger partial charge in [0, 0.05) is 27.4 Å². The molecule has 0 radical (unpaired) electrons. The minimum Gasteiger partial charge on any atom is -0.465 e. The van der Waals surface area contributed by atoms with Gasteiger partial charge in [-0.1, -0.05) is 11.6 Å². The number of benzene rings is 2. The molecule has 0 fully saturated rings. The van der Waals surface area contributed by atoms with Crippen LogP contribution in [0.15, 0.2) is 42.7 Å². The molecule has 0 unspecified atom stereocenters. The van der Waals surface area contributed by atoms with Gasteiger partial charge in [-0.15, -0.1) is 0 Å². The van der Waals surface area contributed by atoms with Gasteiger partial charge in [-0.2, -0.15) is 10.2 Å². The summed E-state index contributed by atoms with van der Waals surface area (Å²) < 4.78 is 8.69. The molecule has 2 heterocycles. The minimum atomic E-state index is -0.359. The van der Waals surface area contributed by atoms with Crippen LogP contribution in [0.1, 0.15) is 35.8 Å². The van der Waals surface area contributed by atoms with Crippen molar-refractivity contribution < 1.29 is 9.53 Å². The highest BCUT2D eigenvalue weighted by atomic mass is 35.5. The molecular weight excluding hydrogens is 364 g/mol. The van der Waals surface area contributed by atoms with E-state index in [1.54, 1.807) is 18.3 Å². The summed E-state index contributed by atoms with van der Waals surface area (Å²) in [5, 5.41) is 11.6. The summed E-state index contributed by atoms with van der Waals surface area (Å²) in [4.78, 5) is 11.7. The Kier molecular flexibility index (Phi) is 4.36. The van der Waals surface area contributed by atoms with Crippen LogP contribution in [0.25, 0.3) is 21.8 Å². The first kappa shape index (κ1) is 17.5. The highest BCUT2D eigenvalue weighted by Gasteiger charge is 2.15. The molecule has 2 aromatic carbocycles. The Labute approximate surface area is 161 Å². The molecule has 0 bridgehead atoms. The summed E-state index contributed by atoms with van der Waals surface area (Å²) in [7, 11) is 1.37. The van der Waals surface area contributed by atoms with E-state index in [0.29, 0.717) is 17.1 Å². The first-order chi connectivity index (χ1) is 13.0. The number of aromatic nitrogens is 4. The number of methoxy groups -OCH3 is 1. The average molecular weight is 383 g/mol. The van der Waals surface area contributed by atoms with Gasteiger partial charge >= 0.3 is 5.97 Å². The van der Waals surface area contributed by atoms with Crippen molar-refractivity contribution in [1.82, 2.24) is 19.6 Å². The SMILES string of the molecule is COC(=O)c1ccc2c(cnn2Cc2cc(Cl)cc3cnn(C(C)C)c23)c1. The molecule has 4 aromatic rings. The number of rotatable bonds is 4. The van der Waals surface area contributed by atoms with E-state index >= 15 is 0 Å². The summed E-state index contributed by atoms with van der Waals surface area (Å²) in [6.07, 6.45) is 3.60. The fraction of sp³-hybridized carbons (Fsp3) is 0.250. The highest BCUT2D eigenvalue weighted by molar-refractivity contribution is 6.31. The van der Waals surface area contributed by atoms with E-state index in [-0.39, 0.29) is 12.0 Å². The fourth-order valence-corrected chi connectivity index (χ4v) is 3.62. The predicted octanol–water partition coefficient (Wildman–Crippen LogP) is 4.46. The molecule has 0 amide bonds. The molecule has 138 valence electrons. The molecule has 0 spiro atoms. The molecular formula is C20H19ClN4O2. The first-order valence-corrected chi connectivity index (χ1v) is 9.05. The molecule has 2 aromatic heterocycles. The normalized spacial score (nSPS) is 11.6. The molecule has 0 aliphatic heterocycles. The van der Waals surface area contributed by atoms with Crippen molar-refractivity contribution in [2.24, 2.45) is 0 Å². The zero-order valence-corrected chi connectivity index (χ0v) is 16.1. The number of ether oxygens (including phenoxy) is 1. The van der Waals surface area contributed by atoms with Gasteiger partial charge in [0.05, 0.1) is 42.6 Å². The lowest BCUT2D eigenvalue weighted by molar-refractivity contribution is 0.0601. The van der Waals surface area contributed by atoms with Crippen LogP contribution in [0.3, 0.4) is 0 Å². The van der Waals surface area contributed by atoms with Gasteiger partial charge in [0.2, 0.25) is 0 Å². The van der Waals surface area contributed by atoms with Crippen molar-refractivity contribution in [2.75, 3.05) is 7.11 Å². The summed E-state index contributed by atoms with van der Waals surface area (Å²) >= 11 is 6.32. The van der Waals surface area contributed by atoms with Crippen LogP contribution in [0.4, 0.5) is 0 Å². The van der Waals surface area contributed by atoms with Crippen LogP contribution in [-0.2, 0) is 11.3 Å². The van der Waals surface area contributed by atoms with Crippen LogP contribution in [0.5, 0.6) is 0 Å². The number of halogens is 1. The number of carbonyl (C=O) groups is 1. The van der Waals surface area contributed by atoms with Crippen molar-refractivity contribution in [3.05, 3.63) is 58.9 Å². The second-order valence-corrected chi connectivity index (χ2v) is 7.19. The zero-order valence-electron chi connectivity index (χ0n) is 15.3. The van der Waals surface area contributed by atoms with E-state index < -0.39 is 0 Å². The van der Waals surface area contributed by atoms with E-state index in [1.807, 2.05) is 33.8 Å². The largest absolute Gasteiger partial charge is 0.465 e. The molecule has 27 heavy (non-hydrogen) atoms. The highest BCUT2D eigenvalue weighted by Crippen LogP contribution is 2.28. The van der Waals surface area contributed by atoms with Gasteiger partial charge in [0.1, 0.15) is 0 Å². The Morgan fingerprint density at radius 1 is 1.15 bits per heavy atom. The third-order valence-corrected chi connectivity index (χ3v) is 4.82. The number of hydrogen-bond donors (Lipinski definition) is 0. The maximum absolute atomic E-state index is 11.7. The lowest BCUT2D eigenvalue weighted by Crippen LogP contribution is -2.07. The van der Waals surface area contributed by atoms with Crippen molar-refractivity contribution in [2.45, 2.75) is 26.4 Å². The van der Waals surface area contributed by atoms with Crippen LogP contribution in [0, 0.1) is 0 Å². The fourth-order valence-electron chi connectivity index (χ4n) is 3.37. The Morgan fingerprint density at radius 2 is 1.93 bits per heavy atom. The molecule has 0 saturated carbocycles. The van der Waals surface area contributed by atoms with Crippen LogP contribution in [0.2, 0.25) is 5.02 Å². The summed E-state index contributed by atoms with van der Waals surface area (Å²) in [5.74, 6) is -0.359. The van der Waals surface area contributed by atoms with E-state index in [0.717, 1.165) is 27.4 Å². The van der Waals surface area contributed by atoms with Crippen LogP contribution < -0.4 is 0 Å². The van der Waals surface area contributed by atoms with Crippen molar-refractivity contribution in [3.8, 4) is 0 Å². The zero-order chi connectivity index (χ0) is 19.1. The Balaban J connectivity index is 1.80. The van der Waals surface area contributed by atoms with Crippen LogP contribution in [-0.4, -0.2) is 32.6 Å². The third kappa shape index (κ3) is 3.06. The molecule has 0 saturated heterocycles. The second-order valence-electron chi connectivity index (χ2n) is 6.75. The number of hydrogen-bond acceptors (Lipinski definition) is 4. The van der Waals surface area contributed by atoms with Crippen molar-refractivity contribution in [1.29, 1.82) is 0 Å². The van der Waals surface area contributed by atoms with E-state index in [4.69, 9.17) is 16.3 Å². The van der Waals surface area contributed by atoms with Crippen molar-refractivity contribution >= 4 is 39.4 Å². The molecule has 4 rings (SSSR count). The molecule has 0 N–H and O–H groups in total. The Bertz CT molecular complexity index is 1160. The molecule has 0 atom stereocenters. The van der Waals surface area contributed by atoms with Gasteiger partial charge in [-0.3, -0.25) is 9.36 Å². The standard InChI is InChI=1S/C20H19ClN4O2/c1-12(2)25-19-15(10-23-25)7-17(21)8-16(19)11-24-18-5-4-13(20(26)27-3)6-14(18)9-22-24/h4-10,12H,11H2,1-3H3. The van der Waals surface area contributed by atoms with E-state index in [1.165, 1.54) is 7.11 Å². The lowest BCUT2D eigenvalue weighted by Gasteiger charge is -2.12.